The molecule has 5 nitrogen and oxygen atoms in total. The van der Waals surface area contributed by atoms with E-state index in [-0.39, 0.29) is 17.2 Å². The van der Waals surface area contributed by atoms with E-state index >= 15 is 0 Å². The Balaban J connectivity index is 1.67. The van der Waals surface area contributed by atoms with Crippen molar-refractivity contribution in [1.29, 1.82) is 0 Å². The molecule has 1 aromatic heterocycles. The largest absolute Gasteiger partial charge is 0.336 e. The minimum Gasteiger partial charge on any atom is -0.336 e. The van der Waals surface area contributed by atoms with Crippen molar-refractivity contribution in [2.45, 2.75) is 16.5 Å². The number of rotatable bonds is 4. The van der Waals surface area contributed by atoms with Gasteiger partial charge in [0, 0.05) is 24.0 Å². The molecule has 0 unspecified atom stereocenters. The van der Waals surface area contributed by atoms with Crippen molar-refractivity contribution >= 4 is 35.0 Å². The molecule has 3 amide bonds. The first-order valence-corrected chi connectivity index (χ1v) is 8.68. The van der Waals surface area contributed by atoms with Gasteiger partial charge in [-0.05, 0) is 6.92 Å². The standard InChI is InChI=1S/C15H15N3O2S2/c1-10(13(19)18-8-7-16-14(18)20)22-15-17-12(9-21-15)11-5-3-2-4-6-11/h2-6,9-10H,7-8H2,1H3,(H,16,20)/t10-/m1/s1. The summed E-state index contributed by atoms with van der Waals surface area (Å²) in [7, 11) is 0. The lowest BCUT2D eigenvalue weighted by atomic mass is 10.2. The van der Waals surface area contributed by atoms with Crippen molar-refractivity contribution in [3.8, 4) is 11.3 Å². The Morgan fingerprint density at radius 2 is 2.18 bits per heavy atom. The molecule has 114 valence electrons. The van der Waals surface area contributed by atoms with Crippen molar-refractivity contribution in [1.82, 2.24) is 15.2 Å². The number of imide groups is 1. The average Bonchev–Trinajstić information content (AvgIpc) is 3.16. The molecular formula is C15H15N3O2S2. The van der Waals surface area contributed by atoms with Gasteiger partial charge in [0.2, 0.25) is 5.91 Å². The third kappa shape index (κ3) is 3.15. The smallest absolute Gasteiger partial charge is 0.324 e. The van der Waals surface area contributed by atoms with Gasteiger partial charge in [-0.3, -0.25) is 9.69 Å². The van der Waals surface area contributed by atoms with Crippen LogP contribution in [-0.4, -0.2) is 40.2 Å². The van der Waals surface area contributed by atoms with Crippen molar-refractivity contribution in [3.63, 3.8) is 0 Å². The second-order valence-corrected chi connectivity index (χ2v) is 7.29. The summed E-state index contributed by atoms with van der Waals surface area (Å²) in [4.78, 5) is 29.6. The molecule has 2 heterocycles. The van der Waals surface area contributed by atoms with Crippen LogP contribution in [0.1, 0.15) is 6.92 Å². The van der Waals surface area contributed by atoms with Crippen molar-refractivity contribution in [2.75, 3.05) is 13.1 Å². The molecule has 3 rings (SSSR count). The highest BCUT2D eigenvalue weighted by Gasteiger charge is 2.30. The van der Waals surface area contributed by atoms with Gasteiger partial charge in [-0.2, -0.15) is 0 Å². The number of benzene rings is 1. The topological polar surface area (TPSA) is 62.3 Å². The van der Waals surface area contributed by atoms with Crippen LogP contribution in [0.4, 0.5) is 4.79 Å². The van der Waals surface area contributed by atoms with E-state index in [4.69, 9.17) is 0 Å². The Hall–Kier alpha value is -1.86. The molecule has 22 heavy (non-hydrogen) atoms. The molecule has 1 aromatic carbocycles. The molecule has 1 saturated heterocycles. The predicted octanol–water partition coefficient (Wildman–Crippen LogP) is 2.84. The number of aromatic nitrogens is 1. The highest BCUT2D eigenvalue weighted by molar-refractivity contribution is 8.02. The number of hydrogen-bond donors (Lipinski definition) is 1. The zero-order chi connectivity index (χ0) is 15.5. The second-order valence-electron chi connectivity index (χ2n) is 4.85. The van der Waals surface area contributed by atoms with Gasteiger partial charge in [-0.1, -0.05) is 42.1 Å². The average molecular weight is 333 g/mol. The van der Waals surface area contributed by atoms with Crippen LogP contribution in [0.25, 0.3) is 11.3 Å². The minimum absolute atomic E-state index is 0.170. The maximum atomic E-state index is 12.3. The highest BCUT2D eigenvalue weighted by atomic mass is 32.2. The summed E-state index contributed by atoms with van der Waals surface area (Å²) in [6, 6.07) is 9.62. The van der Waals surface area contributed by atoms with E-state index in [2.05, 4.69) is 10.3 Å². The molecular weight excluding hydrogens is 318 g/mol. The first-order valence-electron chi connectivity index (χ1n) is 6.92. The molecule has 0 saturated carbocycles. The molecule has 0 radical (unpaired) electrons. The van der Waals surface area contributed by atoms with E-state index in [0.717, 1.165) is 15.6 Å². The van der Waals surface area contributed by atoms with Crippen LogP contribution in [0.2, 0.25) is 0 Å². The number of amides is 3. The number of thiazole rings is 1. The summed E-state index contributed by atoms with van der Waals surface area (Å²) in [6.07, 6.45) is 0. The maximum absolute atomic E-state index is 12.3. The first kappa shape index (κ1) is 15.1. The fourth-order valence-electron chi connectivity index (χ4n) is 2.16. The van der Waals surface area contributed by atoms with Gasteiger partial charge in [-0.25, -0.2) is 9.78 Å². The highest BCUT2D eigenvalue weighted by Crippen LogP contribution is 2.31. The van der Waals surface area contributed by atoms with Crippen molar-refractivity contribution < 1.29 is 9.59 Å². The van der Waals surface area contributed by atoms with Crippen LogP contribution in [0.15, 0.2) is 40.1 Å². The lowest BCUT2D eigenvalue weighted by Gasteiger charge is -2.16. The lowest BCUT2D eigenvalue weighted by molar-refractivity contribution is -0.126. The van der Waals surface area contributed by atoms with Gasteiger partial charge in [0.05, 0.1) is 10.9 Å². The fraction of sp³-hybridized carbons (Fsp3) is 0.267. The molecule has 1 aliphatic heterocycles. The monoisotopic (exact) mass is 333 g/mol. The molecule has 0 spiro atoms. The van der Waals surface area contributed by atoms with E-state index < -0.39 is 0 Å². The Morgan fingerprint density at radius 1 is 1.41 bits per heavy atom. The number of urea groups is 1. The Bertz CT molecular complexity index is 687. The first-order chi connectivity index (χ1) is 10.6. The molecule has 1 atom stereocenters. The van der Waals surface area contributed by atoms with E-state index in [1.165, 1.54) is 28.0 Å². The van der Waals surface area contributed by atoms with E-state index in [1.54, 1.807) is 0 Å². The Labute approximate surface area is 136 Å². The SMILES string of the molecule is C[C@@H](Sc1nc(-c2ccccc2)cs1)C(=O)N1CCNC1=O. The van der Waals surface area contributed by atoms with Crippen LogP contribution >= 0.6 is 23.1 Å². The van der Waals surface area contributed by atoms with Gasteiger partial charge in [-0.15, -0.1) is 11.3 Å². The van der Waals surface area contributed by atoms with Crippen LogP contribution in [-0.2, 0) is 4.79 Å². The maximum Gasteiger partial charge on any atom is 0.324 e. The van der Waals surface area contributed by atoms with Gasteiger partial charge >= 0.3 is 6.03 Å². The zero-order valence-corrected chi connectivity index (χ0v) is 13.6. The normalized spacial score (nSPS) is 15.7. The third-order valence-corrected chi connectivity index (χ3v) is 5.36. The molecule has 0 bridgehead atoms. The van der Waals surface area contributed by atoms with Crippen LogP contribution < -0.4 is 5.32 Å². The molecule has 1 fully saturated rings. The molecule has 0 aliphatic carbocycles. The Morgan fingerprint density at radius 3 is 2.86 bits per heavy atom. The van der Waals surface area contributed by atoms with Gasteiger partial charge < -0.3 is 5.32 Å². The number of thioether (sulfide) groups is 1. The number of hydrogen-bond acceptors (Lipinski definition) is 5. The van der Waals surface area contributed by atoms with Crippen molar-refractivity contribution in [2.24, 2.45) is 0 Å². The van der Waals surface area contributed by atoms with Crippen molar-refractivity contribution in [3.05, 3.63) is 35.7 Å². The lowest BCUT2D eigenvalue weighted by Crippen LogP contribution is -2.38. The number of nitrogens with zero attached hydrogens (tertiary/aromatic N) is 2. The Kier molecular flexibility index (Phi) is 4.44. The van der Waals surface area contributed by atoms with Gasteiger partial charge in [0.1, 0.15) is 0 Å². The third-order valence-electron chi connectivity index (χ3n) is 3.30. The number of nitrogens with one attached hydrogen (secondary N) is 1. The molecule has 1 aliphatic rings. The molecule has 7 heteroatoms. The second kappa shape index (κ2) is 6.50. The minimum atomic E-state index is -0.335. The summed E-state index contributed by atoms with van der Waals surface area (Å²) >= 11 is 2.91. The molecule has 1 N–H and O–H groups in total. The summed E-state index contributed by atoms with van der Waals surface area (Å²) in [5.74, 6) is -0.170. The summed E-state index contributed by atoms with van der Waals surface area (Å²) < 4.78 is 0.833. The van der Waals surface area contributed by atoms with E-state index in [1.807, 2.05) is 42.6 Å². The van der Waals surface area contributed by atoms with Crippen LogP contribution in [0, 0.1) is 0 Å². The van der Waals surface area contributed by atoms with Gasteiger partial charge in [0.15, 0.2) is 4.34 Å². The fourth-order valence-corrected chi connectivity index (χ4v) is 4.19. The summed E-state index contributed by atoms with van der Waals surface area (Å²) in [5.41, 5.74) is 1.97. The number of carbonyl (C=O) groups excluding carboxylic acids is 2. The van der Waals surface area contributed by atoms with E-state index in [0.29, 0.717) is 13.1 Å². The number of carbonyl (C=O) groups is 2. The van der Waals surface area contributed by atoms with Crippen LogP contribution in [0.3, 0.4) is 0 Å². The van der Waals surface area contributed by atoms with E-state index in [9.17, 15) is 9.59 Å². The predicted molar refractivity (Wildman–Crippen MR) is 88.0 cm³/mol. The zero-order valence-electron chi connectivity index (χ0n) is 12.0. The van der Waals surface area contributed by atoms with Crippen LogP contribution in [0.5, 0.6) is 0 Å². The summed E-state index contributed by atoms with van der Waals surface area (Å²) in [5, 5.41) is 4.29. The molecule has 2 aromatic rings. The summed E-state index contributed by atoms with van der Waals surface area (Å²) in [6.45, 7) is 2.77. The van der Waals surface area contributed by atoms with Gasteiger partial charge in [0.25, 0.3) is 0 Å². The quantitative estimate of drug-likeness (QED) is 0.874.